The van der Waals surface area contributed by atoms with E-state index in [2.05, 4.69) is 24.1 Å². The lowest BCUT2D eigenvalue weighted by atomic mass is 9.52. The van der Waals surface area contributed by atoms with Gasteiger partial charge in [0.05, 0.1) is 0 Å². The summed E-state index contributed by atoms with van der Waals surface area (Å²) in [4.78, 5) is 2.59. The molecule has 2 aliphatic carbocycles. The molecule has 3 atom stereocenters. The molecule has 4 rings (SSSR count). The molecule has 5 N–H and O–H groups in total. The summed E-state index contributed by atoms with van der Waals surface area (Å²) in [5, 5.41) is 9.91. The minimum atomic E-state index is 0. The van der Waals surface area contributed by atoms with Crippen LogP contribution in [0.15, 0.2) is 18.2 Å². The number of likely N-dealkylation sites (tertiary alicyclic amines) is 1. The van der Waals surface area contributed by atoms with E-state index in [1.807, 2.05) is 6.07 Å². The van der Waals surface area contributed by atoms with Crippen LogP contribution in [0, 0.1) is 5.92 Å². The molecule has 1 aromatic rings. The topological polar surface area (TPSA) is 86.5 Å². The minimum absolute atomic E-state index is 0. The maximum Gasteiger partial charge on any atom is 0.115 e. The summed E-state index contributed by atoms with van der Waals surface area (Å²) in [7, 11) is 2.30. The van der Waals surface area contributed by atoms with E-state index in [9.17, 15) is 5.11 Å². The molecular weight excluding hydrogens is 266 g/mol. The van der Waals surface area contributed by atoms with E-state index in [1.165, 1.54) is 56.2 Å². The van der Waals surface area contributed by atoms with E-state index < -0.39 is 0 Å². The zero-order valence-electron chi connectivity index (χ0n) is 12.7. The van der Waals surface area contributed by atoms with Crippen LogP contribution in [0.4, 0.5) is 0 Å². The van der Waals surface area contributed by atoms with Gasteiger partial charge in [0.2, 0.25) is 0 Å². The number of phenols is 1. The van der Waals surface area contributed by atoms with Gasteiger partial charge in [-0.15, -0.1) is 0 Å². The number of phenolic OH excluding ortho intramolecular Hbond substituents is 1. The van der Waals surface area contributed by atoms with E-state index in [0.29, 0.717) is 11.2 Å². The number of nitrogens with zero attached hydrogens (tertiary/aromatic N) is 1. The third kappa shape index (κ3) is 2.17. The summed E-state index contributed by atoms with van der Waals surface area (Å²) in [6, 6.07) is 6.85. The van der Waals surface area contributed by atoms with Crippen molar-refractivity contribution in [1.29, 1.82) is 0 Å². The van der Waals surface area contributed by atoms with Crippen LogP contribution in [0.25, 0.3) is 0 Å². The maximum absolute atomic E-state index is 9.91. The highest BCUT2D eigenvalue weighted by Gasteiger charge is 2.52. The first kappa shape index (κ1) is 16.3. The van der Waals surface area contributed by atoms with Crippen LogP contribution < -0.4 is 0 Å². The molecule has 2 bridgehead atoms. The van der Waals surface area contributed by atoms with Gasteiger partial charge in [0.1, 0.15) is 5.75 Å². The smallest absolute Gasteiger partial charge is 0.115 e. The van der Waals surface area contributed by atoms with Crippen molar-refractivity contribution in [3.05, 3.63) is 29.3 Å². The summed E-state index contributed by atoms with van der Waals surface area (Å²) in [5.74, 6) is 1.27. The van der Waals surface area contributed by atoms with Gasteiger partial charge < -0.3 is 21.0 Å². The van der Waals surface area contributed by atoms with Crippen molar-refractivity contribution in [2.75, 3.05) is 13.6 Å². The fraction of sp³-hybridized carbons (Fsp3) is 0.647. The lowest BCUT2D eigenvalue weighted by Crippen LogP contribution is -2.59. The fourth-order valence-corrected chi connectivity index (χ4v) is 5.18. The van der Waals surface area contributed by atoms with Crippen molar-refractivity contribution >= 4 is 0 Å². The van der Waals surface area contributed by atoms with Crippen LogP contribution in [-0.4, -0.2) is 40.6 Å². The van der Waals surface area contributed by atoms with E-state index in [-0.39, 0.29) is 11.0 Å². The lowest BCUT2D eigenvalue weighted by Gasteiger charge is -2.58. The van der Waals surface area contributed by atoms with E-state index in [1.54, 1.807) is 0 Å². The number of likely N-dealkylation sites (N-methyl/N-ethyl adjacent to an activating group) is 1. The van der Waals surface area contributed by atoms with Gasteiger partial charge in [-0.3, -0.25) is 0 Å². The van der Waals surface area contributed by atoms with Gasteiger partial charge in [-0.05, 0) is 68.5 Å². The Morgan fingerprint density at radius 2 is 2.00 bits per heavy atom. The second-order valence-corrected chi connectivity index (χ2v) is 6.85. The van der Waals surface area contributed by atoms with Crippen molar-refractivity contribution in [2.45, 2.75) is 50.0 Å². The molecule has 0 unspecified atom stereocenters. The molecule has 1 aliphatic heterocycles. The molecule has 1 saturated carbocycles. The maximum atomic E-state index is 9.91. The molecule has 3 aliphatic rings. The number of piperidine rings is 1. The normalized spacial score (nSPS) is 34.0. The highest BCUT2D eigenvalue weighted by Crippen LogP contribution is 2.55. The van der Waals surface area contributed by atoms with E-state index in [4.69, 9.17) is 0 Å². The Morgan fingerprint density at radius 3 is 2.81 bits per heavy atom. The van der Waals surface area contributed by atoms with Gasteiger partial charge in [0.15, 0.2) is 0 Å². The van der Waals surface area contributed by atoms with Crippen LogP contribution >= 0.6 is 0 Å². The molecule has 4 heteroatoms. The number of aromatic hydroxyl groups is 1. The molecule has 4 nitrogen and oxygen atoms in total. The molecule has 0 amide bonds. The highest BCUT2D eigenvalue weighted by atomic mass is 16.3. The Balaban J connectivity index is 0.000000807. The Morgan fingerprint density at radius 1 is 1.19 bits per heavy atom. The van der Waals surface area contributed by atoms with Gasteiger partial charge >= 0.3 is 0 Å². The number of rotatable bonds is 0. The molecule has 118 valence electrons. The number of hydrogen-bond acceptors (Lipinski definition) is 2. The first-order valence-corrected chi connectivity index (χ1v) is 7.73. The average Bonchev–Trinajstić information content (AvgIpc) is 2.43. The Labute approximate surface area is 126 Å². The van der Waals surface area contributed by atoms with Crippen molar-refractivity contribution < 1.29 is 16.1 Å². The SMILES string of the molecule is CN1CC[C@]23CCCC[C@H]2[C@H]1Cc1ccc(O)cc13.O.O. The van der Waals surface area contributed by atoms with Crippen molar-refractivity contribution in [2.24, 2.45) is 5.92 Å². The molecular formula is C17H27NO3. The monoisotopic (exact) mass is 293 g/mol. The molecule has 0 radical (unpaired) electrons. The van der Waals surface area contributed by atoms with Gasteiger partial charge in [-0.25, -0.2) is 0 Å². The standard InChI is InChI=1S/C17H23NO.2H2O/c1-18-9-8-17-7-3-2-4-14(17)16(18)10-12-5-6-13(19)11-15(12)17;;/h5-6,11,14,16,19H,2-4,7-10H2,1H3;2*1H2/t14-,16+,17+;;/m0../s1. The fourth-order valence-electron chi connectivity index (χ4n) is 5.18. The average molecular weight is 293 g/mol. The summed E-state index contributed by atoms with van der Waals surface area (Å²) in [5.41, 5.74) is 3.36. The van der Waals surface area contributed by atoms with Gasteiger partial charge in [-0.2, -0.15) is 0 Å². The molecule has 0 spiro atoms. The van der Waals surface area contributed by atoms with E-state index in [0.717, 1.165) is 12.0 Å². The molecule has 21 heavy (non-hydrogen) atoms. The molecule has 0 aromatic heterocycles. The first-order valence-electron chi connectivity index (χ1n) is 7.73. The van der Waals surface area contributed by atoms with Crippen LogP contribution in [0.3, 0.4) is 0 Å². The quantitative estimate of drug-likeness (QED) is 0.784. The molecule has 1 saturated heterocycles. The second kappa shape index (κ2) is 5.59. The van der Waals surface area contributed by atoms with Gasteiger partial charge in [-0.1, -0.05) is 18.9 Å². The van der Waals surface area contributed by atoms with Crippen LogP contribution in [0.2, 0.25) is 0 Å². The summed E-state index contributed by atoms with van der Waals surface area (Å²) in [6.45, 7) is 1.22. The van der Waals surface area contributed by atoms with Crippen molar-refractivity contribution in [1.82, 2.24) is 4.90 Å². The van der Waals surface area contributed by atoms with Crippen LogP contribution in [0.1, 0.15) is 43.2 Å². The molecule has 1 aromatic carbocycles. The Bertz CT molecular complexity index is 519. The third-order valence-corrected chi connectivity index (χ3v) is 6.10. The predicted octanol–water partition coefficient (Wildman–Crippen LogP) is 1.43. The predicted molar refractivity (Wildman–Crippen MR) is 83.7 cm³/mol. The van der Waals surface area contributed by atoms with E-state index >= 15 is 0 Å². The largest absolute Gasteiger partial charge is 0.508 e. The molecule has 1 heterocycles. The zero-order valence-corrected chi connectivity index (χ0v) is 12.7. The lowest BCUT2D eigenvalue weighted by molar-refractivity contribution is 0.00274. The Hall–Kier alpha value is -1.10. The summed E-state index contributed by atoms with van der Waals surface area (Å²) < 4.78 is 0. The number of fused-ring (bicyclic) bond motifs is 1. The number of benzene rings is 1. The Kier molecular flexibility index (Phi) is 4.34. The molecule has 2 fully saturated rings. The first-order chi connectivity index (χ1) is 9.21. The van der Waals surface area contributed by atoms with Gasteiger partial charge in [0, 0.05) is 11.5 Å². The van der Waals surface area contributed by atoms with Gasteiger partial charge in [0.25, 0.3) is 0 Å². The minimum Gasteiger partial charge on any atom is -0.508 e. The summed E-state index contributed by atoms with van der Waals surface area (Å²) in [6.07, 6.45) is 7.93. The van der Waals surface area contributed by atoms with Crippen LogP contribution in [-0.2, 0) is 11.8 Å². The van der Waals surface area contributed by atoms with Crippen molar-refractivity contribution in [3.8, 4) is 5.75 Å². The second-order valence-electron chi connectivity index (χ2n) is 6.85. The number of hydrogen-bond donors (Lipinski definition) is 1. The van der Waals surface area contributed by atoms with Crippen molar-refractivity contribution in [3.63, 3.8) is 0 Å². The third-order valence-electron chi connectivity index (χ3n) is 6.10. The van der Waals surface area contributed by atoms with Crippen LogP contribution in [0.5, 0.6) is 5.75 Å². The summed E-state index contributed by atoms with van der Waals surface area (Å²) >= 11 is 0. The highest BCUT2D eigenvalue weighted by molar-refractivity contribution is 5.45. The zero-order chi connectivity index (χ0) is 13.0.